The lowest BCUT2D eigenvalue weighted by Gasteiger charge is -2.14. The van der Waals surface area contributed by atoms with Crippen molar-refractivity contribution in [3.8, 4) is 17.6 Å². The Labute approximate surface area is 237 Å². The van der Waals surface area contributed by atoms with Crippen molar-refractivity contribution < 1.29 is 24.2 Å². The fraction of sp³-hybridized carbons (Fsp3) is 0.143. The number of nitriles is 1. The molecule has 0 aromatic heterocycles. The number of aromatic carboxylic acids is 1. The van der Waals surface area contributed by atoms with Gasteiger partial charge in [0.1, 0.15) is 6.61 Å². The van der Waals surface area contributed by atoms with Crippen LogP contribution in [0.2, 0.25) is 0 Å². The zero-order valence-corrected chi connectivity index (χ0v) is 23.4. The van der Waals surface area contributed by atoms with Crippen molar-refractivity contribution in [3.05, 3.63) is 91.4 Å². The molecule has 0 spiro atoms. The SMILES string of the molecule is CCN1C(=O)C(=Cc2cc(I)c(OCc3ccccc3C#N)c(OC)c2)SC1=Nc1cccc(C(=O)O)c1. The van der Waals surface area contributed by atoms with Crippen LogP contribution in [0.5, 0.6) is 11.5 Å². The van der Waals surface area contributed by atoms with Gasteiger partial charge in [0.15, 0.2) is 16.7 Å². The molecule has 1 aliphatic heterocycles. The van der Waals surface area contributed by atoms with Gasteiger partial charge in [0.05, 0.1) is 38.5 Å². The van der Waals surface area contributed by atoms with Crippen LogP contribution >= 0.6 is 34.4 Å². The minimum atomic E-state index is -1.04. The van der Waals surface area contributed by atoms with Crippen LogP contribution in [0, 0.1) is 14.9 Å². The second-order valence-corrected chi connectivity index (χ2v) is 10.2. The molecule has 1 fully saturated rings. The van der Waals surface area contributed by atoms with E-state index in [4.69, 9.17) is 9.47 Å². The number of amidine groups is 1. The highest BCUT2D eigenvalue weighted by Crippen LogP contribution is 2.38. The second kappa shape index (κ2) is 12.1. The first-order valence-electron chi connectivity index (χ1n) is 11.5. The monoisotopic (exact) mass is 639 g/mol. The van der Waals surface area contributed by atoms with E-state index in [9.17, 15) is 20.0 Å². The summed E-state index contributed by atoms with van der Waals surface area (Å²) in [6.45, 7) is 2.48. The van der Waals surface area contributed by atoms with E-state index < -0.39 is 5.97 Å². The largest absolute Gasteiger partial charge is 0.493 e. The molecule has 0 radical (unpaired) electrons. The topological polar surface area (TPSA) is 112 Å². The number of hydrogen-bond acceptors (Lipinski definition) is 7. The van der Waals surface area contributed by atoms with E-state index in [1.54, 1.807) is 48.4 Å². The van der Waals surface area contributed by atoms with Crippen LogP contribution < -0.4 is 9.47 Å². The summed E-state index contributed by atoms with van der Waals surface area (Å²) >= 11 is 3.38. The van der Waals surface area contributed by atoms with E-state index in [0.29, 0.717) is 39.4 Å². The van der Waals surface area contributed by atoms with Gasteiger partial charge >= 0.3 is 5.97 Å². The normalized spacial score (nSPS) is 15.1. The van der Waals surface area contributed by atoms with E-state index in [0.717, 1.165) is 14.7 Å². The number of likely N-dealkylation sites (N-methyl/N-ethyl adjacent to an activating group) is 1. The number of carbonyl (C=O) groups excluding carboxylic acids is 1. The summed E-state index contributed by atoms with van der Waals surface area (Å²) in [4.78, 5) is 31.0. The number of hydrogen-bond donors (Lipinski definition) is 1. The van der Waals surface area contributed by atoms with Crippen molar-refractivity contribution in [2.75, 3.05) is 13.7 Å². The number of halogens is 1. The van der Waals surface area contributed by atoms with Crippen LogP contribution in [0.1, 0.15) is 34.0 Å². The molecule has 0 saturated carbocycles. The van der Waals surface area contributed by atoms with E-state index in [-0.39, 0.29) is 18.1 Å². The van der Waals surface area contributed by atoms with Crippen LogP contribution in [0.4, 0.5) is 5.69 Å². The number of carbonyl (C=O) groups is 2. The summed E-state index contributed by atoms with van der Waals surface area (Å²) < 4.78 is 12.4. The first-order chi connectivity index (χ1) is 18.3. The number of aliphatic imine (C=N–C) groups is 1. The molecule has 1 saturated heterocycles. The Hall–Kier alpha value is -3.82. The molecule has 1 heterocycles. The highest BCUT2D eigenvalue weighted by molar-refractivity contribution is 14.1. The quantitative estimate of drug-likeness (QED) is 0.235. The van der Waals surface area contributed by atoms with Gasteiger partial charge in [0.2, 0.25) is 0 Å². The van der Waals surface area contributed by atoms with Gasteiger partial charge in [-0.1, -0.05) is 24.3 Å². The van der Waals surface area contributed by atoms with Gasteiger partial charge in [-0.2, -0.15) is 5.26 Å². The van der Waals surface area contributed by atoms with Gasteiger partial charge in [-0.05, 0) is 89.3 Å². The van der Waals surface area contributed by atoms with Crippen LogP contribution in [0.15, 0.2) is 70.6 Å². The Morgan fingerprint density at radius 3 is 2.71 bits per heavy atom. The minimum absolute atomic E-state index is 0.125. The van der Waals surface area contributed by atoms with Crippen molar-refractivity contribution in [2.45, 2.75) is 13.5 Å². The van der Waals surface area contributed by atoms with Gasteiger partial charge < -0.3 is 14.6 Å². The molecule has 10 heteroatoms. The van der Waals surface area contributed by atoms with E-state index in [2.05, 4.69) is 33.7 Å². The summed E-state index contributed by atoms with van der Waals surface area (Å²) in [5.41, 5.74) is 2.65. The maximum atomic E-state index is 13.1. The Balaban J connectivity index is 1.61. The highest BCUT2D eigenvalue weighted by atomic mass is 127. The molecule has 8 nitrogen and oxygen atoms in total. The molecule has 3 aromatic rings. The Bertz CT molecular complexity index is 1510. The standard InChI is InChI=1S/C28H22IN3O5S/c1-3-32-26(33)24(38-28(32)31-21-10-6-9-18(14-21)27(34)35)13-17-11-22(29)25(23(12-17)36-2)37-16-20-8-5-4-7-19(20)15-30/h4-14H,3,16H2,1-2H3,(H,34,35). The smallest absolute Gasteiger partial charge is 0.335 e. The molecule has 1 N–H and O–H groups in total. The summed E-state index contributed by atoms with van der Waals surface area (Å²) in [5, 5.41) is 19.1. The molecule has 1 aliphatic rings. The predicted molar refractivity (Wildman–Crippen MR) is 155 cm³/mol. The number of ether oxygens (including phenoxy) is 2. The van der Waals surface area contributed by atoms with E-state index >= 15 is 0 Å². The Kier molecular flexibility index (Phi) is 8.70. The molecule has 192 valence electrons. The third kappa shape index (κ3) is 6.00. The average molecular weight is 639 g/mol. The maximum absolute atomic E-state index is 13.1. The molecular weight excluding hydrogens is 617 g/mol. The molecule has 3 aromatic carbocycles. The fourth-order valence-corrected chi connectivity index (χ4v) is 5.55. The lowest BCUT2D eigenvalue weighted by atomic mass is 10.1. The first-order valence-corrected chi connectivity index (χ1v) is 13.4. The second-order valence-electron chi connectivity index (χ2n) is 8.00. The van der Waals surface area contributed by atoms with Crippen molar-refractivity contribution in [2.24, 2.45) is 4.99 Å². The maximum Gasteiger partial charge on any atom is 0.335 e. The summed E-state index contributed by atoms with van der Waals surface area (Å²) in [5.74, 6) is -0.182. The van der Waals surface area contributed by atoms with Crippen LogP contribution in [-0.4, -0.2) is 40.7 Å². The van der Waals surface area contributed by atoms with Gasteiger partial charge in [0, 0.05) is 12.1 Å². The van der Waals surface area contributed by atoms with Gasteiger partial charge in [-0.25, -0.2) is 9.79 Å². The molecular formula is C28H22IN3O5S. The first kappa shape index (κ1) is 27.2. The van der Waals surface area contributed by atoms with E-state index in [1.165, 1.54) is 23.9 Å². The third-order valence-corrected chi connectivity index (χ3v) is 7.39. The lowest BCUT2D eigenvalue weighted by Crippen LogP contribution is -2.28. The number of rotatable bonds is 8. The average Bonchev–Trinajstić information content (AvgIpc) is 3.21. The number of amides is 1. The Morgan fingerprint density at radius 2 is 2.00 bits per heavy atom. The summed E-state index contributed by atoms with van der Waals surface area (Å²) in [7, 11) is 1.54. The molecule has 1 amide bonds. The zero-order valence-electron chi connectivity index (χ0n) is 20.5. The molecule has 38 heavy (non-hydrogen) atoms. The number of benzene rings is 3. The number of carboxylic acids is 1. The van der Waals surface area contributed by atoms with Crippen molar-refractivity contribution in [1.82, 2.24) is 4.90 Å². The molecule has 4 rings (SSSR count). The number of methoxy groups -OCH3 is 1. The minimum Gasteiger partial charge on any atom is -0.493 e. The van der Waals surface area contributed by atoms with Gasteiger partial charge in [0.25, 0.3) is 5.91 Å². The molecule has 0 aliphatic carbocycles. The number of nitrogens with zero attached hydrogens (tertiary/aromatic N) is 3. The highest BCUT2D eigenvalue weighted by Gasteiger charge is 2.32. The van der Waals surface area contributed by atoms with Crippen LogP contribution in [0.3, 0.4) is 0 Å². The van der Waals surface area contributed by atoms with Crippen molar-refractivity contribution in [3.63, 3.8) is 0 Å². The van der Waals surface area contributed by atoms with E-state index in [1.807, 2.05) is 25.1 Å². The van der Waals surface area contributed by atoms with Gasteiger partial charge in [-0.15, -0.1) is 0 Å². The predicted octanol–water partition coefficient (Wildman–Crippen LogP) is 6.07. The fourth-order valence-electron chi connectivity index (χ4n) is 3.71. The number of thioether (sulfide) groups is 1. The number of carboxylic acid groups (broad SMARTS) is 1. The summed E-state index contributed by atoms with van der Waals surface area (Å²) in [6, 6.07) is 19.4. The van der Waals surface area contributed by atoms with Gasteiger partial charge in [-0.3, -0.25) is 9.69 Å². The summed E-state index contributed by atoms with van der Waals surface area (Å²) in [6.07, 6.45) is 1.77. The van der Waals surface area contributed by atoms with Crippen molar-refractivity contribution in [1.29, 1.82) is 5.26 Å². The van der Waals surface area contributed by atoms with Crippen molar-refractivity contribution >= 4 is 63.2 Å². The van der Waals surface area contributed by atoms with Crippen LogP contribution in [-0.2, 0) is 11.4 Å². The molecule has 0 bridgehead atoms. The lowest BCUT2D eigenvalue weighted by molar-refractivity contribution is -0.122. The van der Waals surface area contributed by atoms with Crippen LogP contribution in [0.25, 0.3) is 6.08 Å². The third-order valence-electron chi connectivity index (χ3n) is 5.58. The molecule has 0 atom stereocenters. The zero-order chi connectivity index (χ0) is 27.2. The Morgan fingerprint density at radius 1 is 1.21 bits per heavy atom. The molecule has 0 unspecified atom stereocenters.